The highest BCUT2D eigenvalue weighted by atomic mass is 19.1. The molecular weight excluding hydrogens is 329 g/mol. The van der Waals surface area contributed by atoms with E-state index in [1.54, 1.807) is 19.2 Å². The number of benzene rings is 2. The zero-order valence-electron chi connectivity index (χ0n) is 16.0. The Bertz CT molecular complexity index is 738. The highest BCUT2D eigenvalue weighted by molar-refractivity contribution is 5.79. The van der Waals surface area contributed by atoms with Gasteiger partial charge >= 0.3 is 0 Å². The van der Waals surface area contributed by atoms with Gasteiger partial charge in [-0.2, -0.15) is 0 Å². The van der Waals surface area contributed by atoms with E-state index in [1.165, 1.54) is 6.07 Å². The maximum Gasteiger partial charge on any atom is 0.191 e. The van der Waals surface area contributed by atoms with Crippen molar-refractivity contribution in [2.75, 3.05) is 7.05 Å². The molecule has 0 saturated heterocycles. The Morgan fingerprint density at radius 3 is 2.38 bits per heavy atom. The van der Waals surface area contributed by atoms with E-state index in [-0.39, 0.29) is 11.4 Å². The Morgan fingerprint density at radius 1 is 1.00 bits per heavy atom. The van der Waals surface area contributed by atoms with Gasteiger partial charge in [-0.15, -0.1) is 0 Å². The molecule has 0 saturated carbocycles. The summed E-state index contributed by atoms with van der Waals surface area (Å²) < 4.78 is 19.5. The first-order valence-corrected chi connectivity index (χ1v) is 8.77. The summed E-state index contributed by atoms with van der Waals surface area (Å²) in [5.74, 6) is 0.409. The second kappa shape index (κ2) is 9.34. The molecule has 2 aromatic rings. The van der Waals surface area contributed by atoms with E-state index in [2.05, 4.69) is 33.8 Å². The van der Waals surface area contributed by atoms with Crippen molar-refractivity contribution in [2.24, 2.45) is 4.99 Å². The molecule has 0 amide bonds. The lowest BCUT2D eigenvalue weighted by atomic mass is 10.1. The second-order valence-corrected chi connectivity index (χ2v) is 7.09. The van der Waals surface area contributed by atoms with Crippen LogP contribution in [0.15, 0.2) is 53.5 Å². The molecule has 4 nitrogen and oxygen atoms in total. The number of nitrogens with zero attached hydrogens (tertiary/aromatic N) is 1. The third-order valence-corrected chi connectivity index (χ3v) is 3.75. The van der Waals surface area contributed by atoms with Gasteiger partial charge in [0, 0.05) is 25.7 Å². The SMILES string of the molecule is CN=C(NCc1cccc(COC(C)(C)C)c1)NCc1ccccc1F. The summed E-state index contributed by atoms with van der Waals surface area (Å²) in [5, 5.41) is 6.38. The highest BCUT2D eigenvalue weighted by Gasteiger charge is 2.10. The van der Waals surface area contributed by atoms with Gasteiger partial charge in [-0.1, -0.05) is 42.5 Å². The van der Waals surface area contributed by atoms with Crippen molar-refractivity contribution in [3.05, 3.63) is 71.0 Å². The van der Waals surface area contributed by atoms with Gasteiger partial charge < -0.3 is 15.4 Å². The van der Waals surface area contributed by atoms with Gasteiger partial charge in [0.15, 0.2) is 5.96 Å². The summed E-state index contributed by atoms with van der Waals surface area (Å²) in [6.45, 7) is 7.72. The van der Waals surface area contributed by atoms with Crippen LogP contribution in [0.5, 0.6) is 0 Å². The highest BCUT2D eigenvalue weighted by Crippen LogP contribution is 2.13. The molecule has 0 aliphatic carbocycles. The van der Waals surface area contributed by atoms with Crippen LogP contribution in [0.1, 0.15) is 37.5 Å². The third-order valence-electron chi connectivity index (χ3n) is 3.75. The molecule has 0 heterocycles. The largest absolute Gasteiger partial charge is 0.371 e. The van der Waals surface area contributed by atoms with E-state index >= 15 is 0 Å². The second-order valence-electron chi connectivity index (χ2n) is 7.09. The predicted octanol–water partition coefficient (Wildman–Crippen LogP) is 4.01. The quantitative estimate of drug-likeness (QED) is 0.607. The summed E-state index contributed by atoms with van der Waals surface area (Å²) in [6, 6.07) is 15.0. The summed E-state index contributed by atoms with van der Waals surface area (Å²) in [7, 11) is 1.70. The first-order chi connectivity index (χ1) is 12.4. The molecule has 0 atom stereocenters. The molecule has 140 valence electrons. The molecular formula is C21H28FN3O. The molecule has 2 aromatic carbocycles. The number of hydrogen-bond acceptors (Lipinski definition) is 2. The zero-order valence-corrected chi connectivity index (χ0v) is 16.0. The van der Waals surface area contributed by atoms with E-state index in [0.29, 0.717) is 31.2 Å². The molecule has 26 heavy (non-hydrogen) atoms. The number of halogens is 1. The Morgan fingerprint density at radius 2 is 1.69 bits per heavy atom. The first kappa shape index (κ1) is 19.9. The summed E-state index contributed by atoms with van der Waals surface area (Å²) >= 11 is 0. The maximum atomic E-state index is 13.7. The van der Waals surface area contributed by atoms with Crippen LogP contribution in [0.4, 0.5) is 4.39 Å². The molecule has 2 rings (SSSR count). The average Bonchev–Trinajstić information content (AvgIpc) is 2.61. The monoisotopic (exact) mass is 357 g/mol. The molecule has 0 unspecified atom stereocenters. The molecule has 2 N–H and O–H groups in total. The van der Waals surface area contributed by atoms with E-state index in [4.69, 9.17) is 4.74 Å². The molecule has 0 aliphatic rings. The Kier molecular flexibility index (Phi) is 7.16. The van der Waals surface area contributed by atoms with Crippen LogP contribution in [0.25, 0.3) is 0 Å². The molecule has 0 aromatic heterocycles. The van der Waals surface area contributed by atoms with Gasteiger partial charge in [-0.3, -0.25) is 4.99 Å². The van der Waals surface area contributed by atoms with Crippen molar-refractivity contribution in [3.8, 4) is 0 Å². The molecule has 0 fully saturated rings. The van der Waals surface area contributed by atoms with Gasteiger partial charge in [-0.25, -0.2) is 4.39 Å². The van der Waals surface area contributed by atoms with Gasteiger partial charge in [0.05, 0.1) is 12.2 Å². The molecule has 5 heteroatoms. The minimum Gasteiger partial charge on any atom is -0.371 e. The third kappa shape index (κ3) is 6.84. The fourth-order valence-corrected chi connectivity index (χ4v) is 2.36. The van der Waals surface area contributed by atoms with Crippen molar-refractivity contribution < 1.29 is 9.13 Å². The van der Waals surface area contributed by atoms with Crippen molar-refractivity contribution in [1.29, 1.82) is 0 Å². The molecule has 0 aliphatic heterocycles. The van der Waals surface area contributed by atoms with E-state index < -0.39 is 0 Å². The van der Waals surface area contributed by atoms with Crippen LogP contribution in [0, 0.1) is 5.82 Å². The van der Waals surface area contributed by atoms with Crippen LogP contribution in [0.2, 0.25) is 0 Å². The van der Waals surface area contributed by atoms with Gasteiger partial charge in [0.25, 0.3) is 0 Å². The Hall–Kier alpha value is -2.40. The summed E-state index contributed by atoms with van der Waals surface area (Å²) in [5.41, 5.74) is 2.71. The Balaban J connectivity index is 1.87. The molecule has 0 bridgehead atoms. The number of aliphatic imine (C=N–C) groups is 1. The number of nitrogens with one attached hydrogen (secondary N) is 2. The van der Waals surface area contributed by atoms with Crippen molar-refractivity contribution >= 4 is 5.96 Å². The minimum absolute atomic E-state index is 0.160. The standard InChI is InChI=1S/C21H28FN3O/c1-21(2,3)26-15-17-9-7-8-16(12-17)13-24-20(23-4)25-14-18-10-5-6-11-19(18)22/h5-12H,13-15H2,1-4H3,(H2,23,24,25). The van der Waals surface area contributed by atoms with Gasteiger partial charge in [-0.05, 0) is 38.0 Å². The van der Waals surface area contributed by atoms with Crippen molar-refractivity contribution in [1.82, 2.24) is 10.6 Å². The number of ether oxygens (including phenoxy) is 1. The fourth-order valence-electron chi connectivity index (χ4n) is 2.36. The minimum atomic E-state index is -0.220. The van der Waals surface area contributed by atoms with Crippen LogP contribution in [-0.2, 0) is 24.4 Å². The summed E-state index contributed by atoms with van der Waals surface area (Å²) in [6.07, 6.45) is 0. The van der Waals surface area contributed by atoms with Crippen molar-refractivity contribution in [3.63, 3.8) is 0 Å². The van der Waals surface area contributed by atoms with Crippen molar-refractivity contribution in [2.45, 2.75) is 46.1 Å². The lowest BCUT2D eigenvalue weighted by Gasteiger charge is -2.19. The lowest BCUT2D eigenvalue weighted by Crippen LogP contribution is -2.36. The summed E-state index contributed by atoms with van der Waals surface area (Å²) in [4.78, 5) is 4.19. The topological polar surface area (TPSA) is 45.7 Å². The van der Waals surface area contributed by atoms with Gasteiger partial charge in [0.1, 0.15) is 5.82 Å². The lowest BCUT2D eigenvalue weighted by molar-refractivity contribution is -0.0149. The number of guanidine groups is 1. The van der Waals surface area contributed by atoms with Crippen LogP contribution >= 0.6 is 0 Å². The van der Waals surface area contributed by atoms with Gasteiger partial charge in [0.2, 0.25) is 0 Å². The molecule has 0 spiro atoms. The predicted molar refractivity (Wildman–Crippen MR) is 104 cm³/mol. The fraction of sp³-hybridized carbons (Fsp3) is 0.381. The number of rotatable bonds is 6. The average molecular weight is 357 g/mol. The zero-order chi connectivity index (χ0) is 19.0. The maximum absolute atomic E-state index is 13.7. The van der Waals surface area contributed by atoms with E-state index in [0.717, 1.165) is 11.1 Å². The normalized spacial score (nSPS) is 12.1. The van der Waals surface area contributed by atoms with E-state index in [1.807, 2.05) is 32.9 Å². The first-order valence-electron chi connectivity index (χ1n) is 8.77. The number of hydrogen-bond donors (Lipinski definition) is 2. The van der Waals surface area contributed by atoms with E-state index in [9.17, 15) is 4.39 Å². The smallest absolute Gasteiger partial charge is 0.191 e. The van der Waals surface area contributed by atoms with Crippen LogP contribution in [-0.4, -0.2) is 18.6 Å². The Labute approximate surface area is 155 Å². The van der Waals surface area contributed by atoms with Crippen LogP contribution < -0.4 is 10.6 Å². The molecule has 0 radical (unpaired) electrons. The van der Waals surface area contributed by atoms with Crippen LogP contribution in [0.3, 0.4) is 0 Å².